The Morgan fingerprint density at radius 2 is 2.06 bits per heavy atom. The minimum Gasteiger partial charge on any atom is -0.356 e. The van der Waals surface area contributed by atoms with Crippen LogP contribution in [0.5, 0.6) is 0 Å². The van der Waals surface area contributed by atoms with Crippen molar-refractivity contribution in [3.8, 4) is 12.3 Å². The number of nitrogens with zero attached hydrogens (tertiary/aromatic N) is 1. The Balaban J connectivity index is 0.00000256. The van der Waals surface area contributed by atoms with E-state index in [1.165, 1.54) is 38.5 Å². The lowest BCUT2D eigenvalue weighted by molar-refractivity contribution is 0.481. The molecule has 2 N–H and O–H groups in total. The SMILES string of the molecule is C#CCNC(=NC)NCCCC1CCCC1.I. The normalized spacial score (nSPS) is 16.1. The summed E-state index contributed by atoms with van der Waals surface area (Å²) in [6.45, 7) is 1.52. The van der Waals surface area contributed by atoms with Crippen molar-refractivity contribution in [2.24, 2.45) is 10.9 Å². The van der Waals surface area contributed by atoms with E-state index >= 15 is 0 Å². The first kappa shape index (κ1) is 16.6. The fourth-order valence-electron chi connectivity index (χ4n) is 2.25. The number of hydrogen-bond acceptors (Lipinski definition) is 1. The number of terminal acetylenes is 1. The van der Waals surface area contributed by atoms with Crippen molar-refractivity contribution in [1.82, 2.24) is 10.6 Å². The van der Waals surface area contributed by atoms with E-state index in [0.29, 0.717) is 6.54 Å². The summed E-state index contributed by atoms with van der Waals surface area (Å²) in [6.07, 6.45) is 13.5. The summed E-state index contributed by atoms with van der Waals surface area (Å²) in [4.78, 5) is 4.09. The van der Waals surface area contributed by atoms with Gasteiger partial charge in [-0.25, -0.2) is 0 Å². The molecule has 1 aliphatic carbocycles. The fraction of sp³-hybridized carbons (Fsp3) is 0.769. The van der Waals surface area contributed by atoms with Crippen LogP contribution in [-0.4, -0.2) is 26.1 Å². The molecule has 0 saturated heterocycles. The van der Waals surface area contributed by atoms with E-state index in [9.17, 15) is 0 Å². The first-order valence-corrected chi connectivity index (χ1v) is 6.24. The number of hydrogen-bond donors (Lipinski definition) is 2. The Morgan fingerprint density at radius 1 is 1.35 bits per heavy atom. The maximum absolute atomic E-state index is 5.17. The third-order valence-electron chi connectivity index (χ3n) is 3.14. The second-order valence-corrected chi connectivity index (χ2v) is 4.35. The van der Waals surface area contributed by atoms with Gasteiger partial charge in [-0.05, 0) is 18.8 Å². The molecule has 98 valence electrons. The molecule has 0 aromatic heterocycles. The summed E-state index contributed by atoms with van der Waals surface area (Å²) in [5.41, 5.74) is 0. The van der Waals surface area contributed by atoms with Crippen molar-refractivity contribution in [2.75, 3.05) is 20.1 Å². The average Bonchev–Trinajstić information content (AvgIpc) is 2.81. The second kappa shape index (κ2) is 10.7. The van der Waals surface area contributed by atoms with Crippen molar-refractivity contribution in [3.05, 3.63) is 0 Å². The van der Waals surface area contributed by atoms with Crippen LogP contribution in [0.15, 0.2) is 4.99 Å². The van der Waals surface area contributed by atoms with Gasteiger partial charge in [-0.2, -0.15) is 0 Å². The summed E-state index contributed by atoms with van der Waals surface area (Å²) in [6, 6.07) is 0. The van der Waals surface area contributed by atoms with Crippen LogP contribution in [-0.2, 0) is 0 Å². The molecule has 0 amide bonds. The van der Waals surface area contributed by atoms with Crippen molar-refractivity contribution in [1.29, 1.82) is 0 Å². The van der Waals surface area contributed by atoms with Crippen LogP contribution in [0.1, 0.15) is 38.5 Å². The third-order valence-corrected chi connectivity index (χ3v) is 3.14. The number of rotatable bonds is 5. The Labute approximate surface area is 122 Å². The zero-order valence-corrected chi connectivity index (χ0v) is 13.0. The zero-order chi connectivity index (χ0) is 11.6. The van der Waals surface area contributed by atoms with Crippen LogP contribution in [0.3, 0.4) is 0 Å². The Kier molecular flexibility index (Phi) is 10.4. The van der Waals surface area contributed by atoms with E-state index in [-0.39, 0.29) is 24.0 Å². The van der Waals surface area contributed by atoms with Gasteiger partial charge >= 0.3 is 0 Å². The van der Waals surface area contributed by atoms with Gasteiger partial charge in [0.1, 0.15) is 0 Å². The Bertz CT molecular complexity index is 252. The predicted octanol–water partition coefficient (Wildman–Crippen LogP) is 2.37. The third kappa shape index (κ3) is 7.48. The molecule has 0 bridgehead atoms. The lowest BCUT2D eigenvalue weighted by atomic mass is 10.0. The van der Waals surface area contributed by atoms with E-state index in [1.54, 1.807) is 7.05 Å². The van der Waals surface area contributed by atoms with Crippen molar-refractivity contribution in [3.63, 3.8) is 0 Å². The Hall–Kier alpha value is -0.440. The summed E-state index contributed by atoms with van der Waals surface area (Å²) in [5, 5.41) is 6.32. The Morgan fingerprint density at radius 3 is 2.65 bits per heavy atom. The molecule has 0 spiro atoms. The fourth-order valence-corrected chi connectivity index (χ4v) is 2.25. The van der Waals surface area contributed by atoms with Crippen LogP contribution >= 0.6 is 24.0 Å². The molecule has 0 unspecified atom stereocenters. The summed E-state index contributed by atoms with van der Waals surface area (Å²) in [7, 11) is 1.77. The number of aliphatic imine (C=N–C) groups is 1. The van der Waals surface area contributed by atoms with E-state index in [4.69, 9.17) is 6.42 Å². The van der Waals surface area contributed by atoms with Gasteiger partial charge in [-0.1, -0.05) is 31.6 Å². The molecule has 0 aromatic rings. The topological polar surface area (TPSA) is 36.4 Å². The molecule has 0 heterocycles. The molecule has 1 fully saturated rings. The highest BCUT2D eigenvalue weighted by molar-refractivity contribution is 14.0. The molecule has 0 aliphatic heterocycles. The first-order chi connectivity index (χ1) is 7.86. The predicted molar refractivity (Wildman–Crippen MR) is 84.8 cm³/mol. The average molecular weight is 349 g/mol. The quantitative estimate of drug-likeness (QED) is 0.263. The van der Waals surface area contributed by atoms with Gasteiger partial charge in [-0.3, -0.25) is 4.99 Å². The highest BCUT2D eigenvalue weighted by Gasteiger charge is 2.13. The van der Waals surface area contributed by atoms with Gasteiger partial charge in [0.15, 0.2) is 5.96 Å². The van der Waals surface area contributed by atoms with E-state index in [2.05, 4.69) is 21.5 Å². The largest absolute Gasteiger partial charge is 0.356 e. The molecule has 0 radical (unpaired) electrons. The van der Waals surface area contributed by atoms with Gasteiger partial charge in [0.05, 0.1) is 6.54 Å². The maximum Gasteiger partial charge on any atom is 0.191 e. The van der Waals surface area contributed by atoms with Crippen molar-refractivity contribution >= 4 is 29.9 Å². The van der Waals surface area contributed by atoms with Crippen LogP contribution < -0.4 is 10.6 Å². The monoisotopic (exact) mass is 349 g/mol. The molecule has 1 aliphatic rings. The van der Waals surface area contributed by atoms with Gasteiger partial charge < -0.3 is 10.6 Å². The van der Waals surface area contributed by atoms with Crippen molar-refractivity contribution < 1.29 is 0 Å². The first-order valence-electron chi connectivity index (χ1n) is 6.24. The number of halogens is 1. The molecule has 3 nitrogen and oxygen atoms in total. The lowest BCUT2D eigenvalue weighted by Crippen LogP contribution is -2.37. The molecule has 4 heteroatoms. The minimum atomic E-state index is 0. The molecule has 0 aromatic carbocycles. The standard InChI is InChI=1S/C13H23N3.HI/c1-3-10-15-13(14-2)16-11-6-9-12-7-4-5-8-12;/h1,12H,4-11H2,2H3,(H2,14,15,16);1H. The molecular weight excluding hydrogens is 325 g/mol. The minimum absolute atomic E-state index is 0. The summed E-state index contributed by atoms with van der Waals surface area (Å²) in [5.74, 6) is 4.32. The van der Waals surface area contributed by atoms with Crippen LogP contribution in [0.4, 0.5) is 0 Å². The number of guanidine groups is 1. The molecule has 1 rings (SSSR count). The van der Waals surface area contributed by atoms with E-state index < -0.39 is 0 Å². The smallest absolute Gasteiger partial charge is 0.191 e. The van der Waals surface area contributed by atoms with Gasteiger partial charge in [-0.15, -0.1) is 30.4 Å². The highest BCUT2D eigenvalue weighted by Crippen LogP contribution is 2.28. The molecule has 1 saturated carbocycles. The van der Waals surface area contributed by atoms with Crippen LogP contribution in [0.2, 0.25) is 0 Å². The zero-order valence-electron chi connectivity index (χ0n) is 10.7. The van der Waals surface area contributed by atoms with E-state index in [1.807, 2.05) is 0 Å². The van der Waals surface area contributed by atoms with E-state index in [0.717, 1.165) is 18.4 Å². The van der Waals surface area contributed by atoms with Crippen molar-refractivity contribution in [2.45, 2.75) is 38.5 Å². The van der Waals surface area contributed by atoms with Crippen LogP contribution in [0, 0.1) is 18.3 Å². The molecule has 0 atom stereocenters. The summed E-state index contributed by atoms with van der Waals surface area (Å²) < 4.78 is 0. The maximum atomic E-state index is 5.17. The van der Waals surface area contributed by atoms with Gasteiger partial charge in [0, 0.05) is 13.6 Å². The lowest BCUT2D eigenvalue weighted by Gasteiger charge is -2.11. The molecular formula is C13H24IN3. The second-order valence-electron chi connectivity index (χ2n) is 4.35. The molecule has 17 heavy (non-hydrogen) atoms. The number of nitrogens with one attached hydrogen (secondary N) is 2. The van der Waals surface area contributed by atoms with Crippen LogP contribution in [0.25, 0.3) is 0 Å². The van der Waals surface area contributed by atoms with Gasteiger partial charge in [0.2, 0.25) is 0 Å². The van der Waals surface area contributed by atoms with Gasteiger partial charge in [0.25, 0.3) is 0 Å². The summed E-state index contributed by atoms with van der Waals surface area (Å²) >= 11 is 0. The highest BCUT2D eigenvalue weighted by atomic mass is 127.